The molecular weight excluding hydrogens is 418 g/mol. The fourth-order valence-corrected chi connectivity index (χ4v) is 5.02. The van der Waals surface area contributed by atoms with Crippen molar-refractivity contribution < 1.29 is 0 Å². The second-order valence-electron chi connectivity index (χ2n) is 9.43. The Kier molecular flexibility index (Phi) is 6.62. The summed E-state index contributed by atoms with van der Waals surface area (Å²) in [4.78, 5) is 11.6. The lowest BCUT2D eigenvalue weighted by Gasteiger charge is -2.38. The summed E-state index contributed by atoms with van der Waals surface area (Å²) in [5.41, 5.74) is 4.20. The molecule has 0 bridgehead atoms. The van der Waals surface area contributed by atoms with E-state index in [9.17, 15) is 0 Å². The Morgan fingerprint density at radius 1 is 1.28 bits per heavy atom. The highest BCUT2D eigenvalue weighted by Gasteiger charge is 2.28. The topological polar surface area (TPSA) is 70.4 Å². The summed E-state index contributed by atoms with van der Waals surface area (Å²) in [5, 5.41) is 7.45. The summed E-state index contributed by atoms with van der Waals surface area (Å²) in [7, 11) is 1.87. The van der Waals surface area contributed by atoms with Gasteiger partial charge in [-0.1, -0.05) is 33.4 Å². The lowest BCUT2D eigenvalue weighted by Crippen LogP contribution is -2.37. The minimum Gasteiger partial charge on any atom is -0.393 e. The molecule has 32 heavy (non-hydrogen) atoms. The van der Waals surface area contributed by atoms with Crippen molar-refractivity contribution in [3.8, 4) is 0 Å². The SMILES string of the molecule is C=C/C(=C\NC)c1cnc2c(Nc3cc(CN4CCC(C(C)(C)C)CC4)ns3)nccn12. The van der Waals surface area contributed by atoms with E-state index in [2.05, 4.69) is 63.3 Å². The van der Waals surface area contributed by atoms with E-state index >= 15 is 0 Å². The van der Waals surface area contributed by atoms with Crippen molar-refractivity contribution in [1.29, 1.82) is 0 Å². The fraction of sp³-hybridized carbons (Fsp3) is 0.458. The van der Waals surface area contributed by atoms with Crippen LogP contribution in [0.5, 0.6) is 0 Å². The molecule has 7 nitrogen and oxygen atoms in total. The lowest BCUT2D eigenvalue weighted by atomic mass is 9.75. The average molecular weight is 452 g/mol. The number of hydrogen-bond donors (Lipinski definition) is 2. The normalized spacial score (nSPS) is 16.4. The van der Waals surface area contributed by atoms with Gasteiger partial charge in [0.15, 0.2) is 11.5 Å². The second-order valence-corrected chi connectivity index (χ2v) is 10.2. The number of likely N-dealkylation sites (tertiary alicyclic amines) is 1. The van der Waals surface area contributed by atoms with E-state index < -0.39 is 0 Å². The van der Waals surface area contributed by atoms with Gasteiger partial charge >= 0.3 is 0 Å². The zero-order valence-corrected chi connectivity index (χ0v) is 20.2. The van der Waals surface area contributed by atoms with Gasteiger partial charge in [-0.3, -0.25) is 9.30 Å². The zero-order chi connectivity index (χ0) is 22.7. The Balaban J connectivity index is 1.44. The highest BCUT2D eigenvalue weighted by Crippen LogP contribution is 2.35. The maximum absolute atomic E-state index is 4.68. The van der Waals surface area contributed by atoms with Gasteiger partial charge in [0.2, 0.25) is 0 Å². The van der Waals surface area contributed by atoms with Gasteiger partial charge in [-0.05, 0) is 54.9 Å². The summed E-state index contributed by atoms with van der Waals surface area (Å²) >= 11 is 1.47. The van der Waals surface area contributed by atoms with E-state index in [0.717, 1.165) is 53.2 Å². The number of anilines is 2. The third-order valence-corrected chi connectivity index (χ3v) is 6.98. The highest BCUT2D eigenvalue weighted by atomic mass is 32.1. The molecule has 8 heteroatoms. The monoisotopic (exact) mass is 451 g/mol. The van der Waals surface area contributed by atoms with Crippen LogP contribution in [0.15, 0.2) is 43.5 Å². The molecule has 3 aromatic heterocycles. The van der Waals surface area contributed by atoms with Crippen molar-refractivity contribution in [2.45, 2.75) is 40.2 Å². The maximum atomic E-state index is 4.68. The molecule has 170 valence electrons. The highest BCUT2D eigenvalue weighted by molar-refractivity contribution is 7.10. The molecule has 0 unspecified atom stereocenters. The molecule has 3 aromatic rings. The van der Waals surface area contributed by atoms with Crippen LogP contribution in [0.2, 0.25) is 0 Å². The molecule has 0 spiro atoms. The number of imidazole rings is 1. The molecule has 4 heterocycles. The Hall–Kier alpha value is -2.71. The van der Waals surface area contributed by atoms with Crippen molar-refractivity contribution in [2.75, 3.05) is 25.5 Å². The van der Waals surface area contributed by atoms with Gasteiger partial charge in [0.25, 0.3) is 0 Å². The fourth-order valence-electron chi connectivity index (χ4n) is 4.36. The third kappa shape index (κ3) is 4.86. The van der Waals surface area contributed by atoms with Gasteiger partial charge in [0, 0.05) is 37.8 Å². The maximum Gasteiger partial charge on any atom is 0.180 e. The zero-order valence-electron chi connectivity index (χ0n) is 19.4. The Labute approximate surface area is 194 Å². The molecule has 1 aliphatic heterocycles. The number of hydrogen-bond acceptors (Lipinski definition) is 7. The number of nitrogens with zero attached hydrogens (tertiary/aromatic N) is 5. The van der Waals surface area contributed by atoms with Gasteiger partial charge in [-0.25, -0.2) is 9.97 Å². The van der Waals surface area contributed by atoms with Crippen LogP contribution in [0.4, 0.5) is 10.8 Å². The molecule has 1 saturated heterocycles. The molecule has 1 aliphatic rings. The minimum absolute atomic E-state index is 0.403. The first-order chi connectivity index (χ1) is 15.4. The summed E-state index contributed by atoms with van der Waals surface area (Å²) in [5.74, 6) is 1.52. The van der Waals surface area contributed by atoms with Crippen molar-refractivity contribution >= 4 is 33.6 Å². The van der Waals surface area contributed by atoms with Crippen molar-refractivity contribution in [2.24, 2.45) is 11.3 Å². The quantitative estimate of drug-likeness (QED) is 0.496. The van der Waals surface area contributed by atoms with Gasteiger partial charge < -0.3 is 10.6 Å². The van der Waals surface area contributed by atoms with Crippen LogP contribution in [0.25, 0.3) is 11.2 Å². The molecule has 4 rings (SSSR count). The van der Waals surface area contributed by atoms with Crippen molar-refractivity contribution in [3.05, 3.63) is 54.9 Å². The molecule has 0 aliphatic carbocycles. The van der Waals surface area contributed by atoms with Gasteiger partial charge in [-0.15, -0.1) is 0 Å². The summed E-state index contributed by atoms with van der Waals surface area (Å²) in [6, 6.07) is 2.13. The Morgan fingerprint density at radius 2 is 2.06 bits per heavy atom. The molecule has 0 saturated carbocycles. The van der Waals surface area contributed by atoms with E-state index in [1.807, 2.05) is 36.1 Å². The first kappa shape index (κ1) is 22.5. The molecule has 0 aromatic carbocycles. The predicted molar refractivity (Wildman–Crippen MR) is 133 cm³/mol. The number of allylic oxidation sites excluding steroid dienone is 2. The van der Waals surface area contributed by atoms with Crippen molar-refractivity contribution in [1.82, 2.24) is 29.0 Å². The number of nitrogens with one attached hydrogen (secondary N) is 2. The molecule has 0 radical (unpaired) electrons. The largest absolute Gasteiger partial charge is 0.393 e. The van der Waals surface area contributed by atoms with E-state index in [-0.39, 0.29) is 0 Å². The van der Waals surface area contributed by atoms with Crippen LogP contribution < -0.4 is 10.6 Å². The van der Waals surface area contributed by atoms with Crippen LogP contribution in [0, 0.1) is 11.3 Å². The van der Waals surface area contributed by atoms with E-state index in [1.165, 1.54) is 24.4 Å². The van der Waals surface area contributed by atoms with Crippen molar-refractivity contribution in [3.63, 3.8) is 0 Å². The average Bonchev–Trinajstić information content (AvgIpc) is 3.39. The van der Waals surface area contributed by atoms with Crippen LogP contribution in [-0.2, 0) is 6.54 Å². The van der Waals surface area contributed by atoms with Gasteiger partial charge in [0.1, 0.15) is 5.00 Å². The van der Waals surface area contributed by atoms with Crippen LogP contribution in [-0.4, -0.2) is 43.8 Å². The molecule has 1 fully saturated rings. The first-order valence-corrected chi connectivity index (χ1v) is 11.9. The lowest BCUT2D eigenvalue weighted by molar-refractivity contribution is 0.107. The van der Waals surface area contributed by atoms with E-state index in [1.54, 1.807) is 6.20 Å². The second kappa shape index (κ2) is 9.42. The van der Waals surface area contributed by atoms with E-state index in [0.29, 0.717) is 11.2 Å². The smallest absolute Gasteiger partial charge is 0.180 e. The van der Waals surface area contributed by atoms with Crippen LogP contribution >= 0.6 is 11.5 Å². The molecular formula is C24H33N7S. The third-order valence-electron chi connectivity index (χ3n) is 6.24. The summed E-state index contributed by atoms with van der Waals surface area (Å²) in [6.45, 7) is 14.2. The van der Waals surface area contributed by atoms with E-state index in [4.69, 9.17) is 0 Å². The van der Waals surface area contributed by atoms with Gasteiger partial charge in [0.05, 0.1) is 17.6 Å². The van der Waals surface area contributed by atoms with Crippen LogP contribution in [0.3, 0.4) is 0 Å². The van der Waals surface area contributed by atoms with Gasteiger partial charge in [-0.2, -0.15) is 4.37 Å². The first-order valence-electron chi connectivity index (χ1n) is 11.2. The number of fused-ring (bicyclic) bond motifs is 1. The molecule has 0 amide bonds. The number of piperidine rings is 1. The Bertz CT molecular complexity index is 1100. The summed E-state index contributed by atoms with van der Waals surface area (Å²) < 4.78 is 6.69. The van der Waals surface area contributed by atoms with Crippen LogP contribution in [0.1, 0.15) is 45.0 Å². The summed E-state index contributed by atoms with van der Waals surface area (Å²) in [6.07, 6.45) is 11.8. The number of rotatable bonds is 7. The minimum atomic E-state index is 0.403. The molecule has 2 N–H and O–H groups in total. The standard InChI is InChI=1S/C24H33N7S/c1-6-17(14-25-5)20-15-27-23-22(26-9-12-31(20)23)28-21-13-19(29-32-21)16-30-10-7-18(8-11-30)24(2,3)4/h6,9,12-15,18,25H,1,7-8,10-11,16H2,2-5H3,(H,26,28)/b17-14+. The predicted octanol–water partition coefficient (Wildman–Crippen LogP) is 4.93. The molecule has 0 atom stereocenters. The number of aromatic nitrogens is 4. The Morgan fingerprint density at radius 3 is 2.75 bits per heavy atom.